The number of methoxy groups -OCH3 is 1. The minimum atomic E-state index is 0.132. The average molecular weight is 501 g/mol. The Morgan fingerprint density at radius 3 is 2.51 bits per heavy atom. The number of nitrogens with one attached hydrogen (secondary N) is 1. The first-order valence-corrected chi connectivity index (χ1v) is 13.5. The van der Waals surface area contributed by atoms with Crippen molar-refractivity contribution >= 4 is 23.0 Å². The van der Waals surface area contributed by atoms with E-state index in [4.69, 9.17) is 9.57 Å². The first-order chi connectivity index (χ1) is 18.3. The second kappa shape index (κ2) is 10.9. The van der Waals surface area contributed by atoms with Gasteiger partial charge in [0.15, 0.2) is 5.82 Å². The van der Waals surface area contributed by atoms with Gasteiger partial charge in [-0.15, -0.1) is 0 Å². The fraction of sp³-hybridized carbons (Fsp3) is 0.448. The number of aromatic nitrogens is 2. The smallest absolute Gasteiger partial charge is 0.158 e. The van der Waals surface area contributed by atoms with Crippen LogP contribution in [0, 0.1) is 0 Å². The third-order valence-electron chi connectivity index (χ3n) is 7.90. The van der Waals surface area contributed by atoms with Crippen molar-refractivity contribution in [2.24, 2.45) is 0 Å². The number of nitrogens with zero attached hydrogens (tertiary/aromatic N) is 5. The van der Waals surface area contributed by atoms with Crippen molar-refractivity contribution in [2.75, 3.05) is 55.2 Å². The molecule has 37 heavy (non-hydrogen) atoms. The molecule has 0 unspecified atom stereocenters. The molecule has 4 heterocycles. The Morgan fingerprint density at radius 1 is 0.919 bits per heavy atom. The van der Waals surface area contributed by atoms with Crippen LogP contribution in [-0.4, -0.2) is 60.8 Å². The quantitative estimate of drug-likeness (QED) is 0.476. The molecule has 1 aromatic heterocycles. The molecule has 0 spiro atoms. The zero-order chi connectivity index (χ0) is 25.0. The van der Waals surface area contributed by atoms with Crippen LogP contribution in [0.1, 0.15) is 43.7 Å². The second-order valence-electron chi connectivity index (χ2n) is 10.1. The monoisotopic (exact) mass is 500 g/mol. The first kappa shape index (κ1) is 24.0. The molecule has 8 nitrogen and oxygen atoms in total. The Hall–Kier alpha value is -3.36. The molecule has 0 amide bonds. The molecule has 3 fully saturated rings. The van der Waals surface area contributed by atoms with Crippen molar-refractivity contribution in [3.8, 4) is 5.75 Å². The molecule has 194 valence electrons. The van der Waals surface area contributed by atoms with E-state index in [1.54, 1.807) is 13.4 Å². The predicted octanol–water partition coefficient (Wildman–Crippen LogP) is 5.18. The maximum absolute atomic E-state index is 5.96. The summed E-state index contributed by atoms with van der Waals surface area (Å²) in [4.78, 5) is 20.1. The van der Waals surface area contributed by atoms with E-state index >= 15 is 0 Å². The Kier molecular flexibility index (Phi) is 7.10. The van der Waals surface area contributed by atoms with Gasteiger partial charge in [0.05, 0.1) is 25.4 Å². The largest absolute Gasteiger partial charge is 0.494 e. The van der Waals surface area contributed by atoms with Gasteiger partial charge >= 0.3 is 0 Å². The molecule has 0 radical (unpaired) electrons. The summed E-state index contributed by atoms with van der Waals surface area (Å²) < 4.78 is 5.78. The molecule has 3 aromatic rings. The molecule has 8 heteroatoms. The van der Waals surface area contributed by atoms with Gasteiger partial charge in [-0.05, 0) is 56.5 Å². The Morgan fingerprint density at radius 2 is 1.73 bits per heavy atom. The number of hydrogen-bond acceptors (Lipinski definition) is 8. The summed E-state index contributed by atoms with van der Waals surface area (Å²) >= 11 is 0. The van der Waals surface area contributed by atoms with Gasteiger partial charge in [0.25, 0.3) is 0 Å². The zero-order valence-corrected chi connectivity index (χ0v) is 21.6. The molecule has 2 aromatic carbocycles. The van der Waals surface area contributed by atoms with Crippen LogP contribution in [0.3, 0.4) is 0 Å². The number of piperidine rings is 1. The third-order valence-corrected chi connectivity index (χ3v) is 7.90. The van der Waals surface area contributed by atoms with Crippen molar-refractivity contribution in [3.63, 3.8) is 0 Å². The number of likely N-dealkylation sites (tertiary alicyclic amines) is 1. The number of benzene rings is 2. The summed E-state index contributed by atoms with van der Waals surface area (Å²) in [6, 6.07) is 19.6. The summed E-state index contributed by atoms with van der Waals surface area (Å²) in [5.74, 6) is 2.24. The van der Waals surface area contributed by atoms with Crippen molar-refractivity contribution in [3.05, 3.63) is 66.5 Å². The lowest BCUT2D eigenvalue weighted by Gasteiger charge is -2.38. The van der Waals surface area contributed by atoms with Gasteiger partial charge in [-0.25, -0.2) is 15.0 Å². The molecule has 1 atom stereocenters. The van der Waals surface area contributed by atoms with Gasteiger partial charge in [-0.1, -0.05) is 30.3 Å². The summed E-state index contributed by atoms with van der Waals surface area (Å²) in [5, 5.41) is 5.33. The third kappa shape index (κ3) is 5.22. The summed E-state index contributed by atoms with van der Waals surface area (Å²) in [6.45, 7) is 5.40. The summed E-state index contributed by atoms with van der Waals surface area (Å²) in [6.07, 6.45) is 7.67. The average Bonchev–Trinajstić information content (AvgIpc) is 3.67. The number of rotatable bonds is 7. The van der Waals surface area contributed by atoms with Crippen molar-refractivity contribution in [2.45, 2.75) is 44.2 Å². The normalized spacial score (nSPS) is 20.9. The first-order valence-electron chi connectivity index (χ1n) is 13.5. The van der Waals surface area contributed by atoms with Crippen LogP contribution in [0.4, 0.5) is 23.0 Å². The van der Waals surface area contributed by atoms with E-state index in [1.807, 2.05) is 17.2 Å². The molecule has 1 N–H and O–H groups in total. The highest BCUT2D eigenvalue weighted by atomic mass is 16.7. The van der Waals surface area contributed by atoms with Gasteiger partial charge in [0.1, 0.15) is 17.9 Å². The minimum absolute atomic E-state index is 0.132. The summed E-state index contributed by atoms with van der Waals surface area (Å²) in [5.41, 5.74) is 3.31. The van der Waals surface area contributed by atoms with Crippen molar-refractivity contribution in [1.82, 2.24) is 14.9 Å². The van der Waals surface area contributed by atoms with E-state index in [1.165, 1.54) is 50.0 Å². The van der Waals surface area contributed by atoms with E-state index in [2.05, 4.69) is 67.5 Å². The standard InChI is InChI=1S/C29H36N6O2/c1-36-27-19-24(34-16-11-23(12-17-34)33-14-5-6-15-33)9-10-25(27)32-28-20-29(31-21-30-28)35-26(13-18-37-35)22-7-3-2-4-8-22/h2-4,7-10,19-21,23,26H,5-6,11-18H2,1H3,(H,30,31,32)/t26-/m1/s1. The molecule has 0 aliphatic carbocycles. The Balaban J connectivity index is 1.14. The molecule has 3 aliphatic heterocycles. The molecular formula is C29H36N6O2. The molecule has 3 aliphatic rings. The molecule has 0 bridgehead atoms. The topological polar surface area (TPSA) is 66.0 Å². The Labute approximate surface area is 219 Å². The van der Waals surface area contributed by atoms with Gasteiger partial charge < -0.3 is 19.9 Å². The molecule has 0 saturated carbocycles. The fourth-order valence-corrected chi connectivity index (χ4v) is 5.92. The Bertz CT molecular complexity index is 1180. The highest BCUT2D eigenvalue weighted by Crippen LogP contribution is 2.36. The number of hydrogen-bond donors (Lipinski definition) is 1. The number of anilines is 4. The van der Waals surface area contributed by atoms with E-state index in [9.17, 15) is 0 Å². The van der Waals surface area contributed by atoms with Gasteiger partial charge in [0, 0.05) is 43.4 Å². The van der Waals surface area contributed by atoms with Crippen LogP contribution in [-0.2, 0) is 4.84 Å². The minimum Gasteiger partial charge on any atom is -0.494 e. The van der Waals surface area contributed by atoms with Gasteiger partial charge in [0.2, 0.25) is 0 Å². The van der Waals surface area contributed by atoms with Crippen molar-refractivity contribution in [1.29, 1.82) is 0 Å². The molecule has 6 rings (SSSR count). The number of hydroxylamine groups is 1. The van der Waals surface area contributed by atoms with Crippen LogP contribution in [0.15, 0.2) is 60.9 Å². The number of ether oxygens (including phenoxy) is 1. The summed E-state index contributed by atoms with van der Waals surface area (Å²) in [7, 11) is 1.72. The van der Waals surface area contributed by atoms with E-state index < -0.39 is 0 Å². The second-order valence-corrected chi connectivity index (χ2v) is 10.1. The van der Waals surface area contributed by atoms with Crippen LogP contribution in [0.25, 0.3) is 0 Å². The van der Waals surface area contributed by atoms with Crippen molar-refractivity contribution < 1.29 is 9.57 Å². The van der Waals surface area contributed by atoms with Gasteiger partial charge in [-0.2, -0.15) is 0 Å². The molecular weight excluding hydrogens is 464 g/mol. The van der Waals surface area contributed by atoms with Crippen LogP contribution in [0.5, 0.6) is 5.75 Å². The van der Waals surface area contributed by atoms with Crippen LogP contribution in [0.2, 0.25) is 0 Å². The van der Waals surface area contributed by atoms with Crippen LogP contribution < -0.4 is 20.0 Å². The maximum Gasteiger partial charge on any atom is 0.158 e. The highest BCUT2D eigenvalue weighted by Gasteiger charge is 2.29. The zero-order valence-electron chi connectivity index (χ0n) is 21.6. The van der Waals surface area contributed by atoms with Gasteiger partial charge in [-0.3, -0.25) is 4.84 Å². The lowest BCUT2D eigenvalue weighted by Crippen LogP contribution is -2.43. The SMILES string of the molecule is COc1cc(N2CCC(N3CCCC3)CC2)ccc1Nc1cc(N2OCC[C@@H]2c2ccccc2)ncn1. The maximum atomic E-state index is 5.96. The molecule has 3 saturated heterocycles. The lowest BCUT2D eigenvalue weighted by molar-refractivity contribution is 0.157. The van der Waals surface area contributed by atoms with E-state index in [-0.39, 0.29) is 6.04 Å². The predicted molar refractivity (Wildman–Crippen MR) is 147 cm³/mol. The van der Waals surface area contributed by atoms with E-state index in [0.29, 0.717) is 12.4 Å². The highest BCUT2D eigenvalue weighted by molar-refractivity contribution is 5.70. The fourth-order valence-electron chi connectivity index (χ4n) is 5.92. The van der Waals surface area contributed by atoms with E-state index in [0.717, 1.165) is 42.8 Å². The lowest BCUT2D eigenvalue weighted by atomic mass is 10.0. The van der Waals surface area contributed by atoms with Crippen LogP contribution >= 0.6 is 0 Å².